The number of carbonyl (C=O) groups excluding carboxylic acids is 2. The quantitative estimate of drug-likeness (QED) is 0.777. The van der Waals surface area contributed by atoms with E-state index >= 15 is 0 Å². The summed E-state index contributed by atoms with van der Waals surface area (Å²) in [4.78, 5) is 34.8. The minimum absolute atomic E-state index is 0.0966. The first kappa shape index (κ1) is 16.9. The molecule has 0 aromatic heterocycles. The van der Waals surface area contributed by atoms with Gasteiger partial charge >= 0.3 is 0 Å². The highest BCUT2D eigenvalue weighted by Crippen LogP contribution is 2.44. The van der Waals surface area contributed by atoms with Crippen molar-refractivity contribution in [2.24, 2.45) is 16.8 Å². The molecule has 2 amide bonds. The first-order valence-electron chi connectivity index (χ1n) is 9.64. The Morgan fingerprint density at radius 1 is 0.964 bits per heavy atom. The van der Waals surface area contributed by atoms with Gasteiger partial charge in [-0.1, -0.05) is 54.6 Å². The van der Waals surface area contributed by atoms with Crippen LogP contribution in [0.5, 0.6) is 0 Å². The van der Waals surface area contributed by atoms with Crippen LogP contribution in [0, 0.1) is 11.8 Å². The Morgan fingerprint density at radius 3 is 2.36 bits per heavy atom. The lowest BCUT2D eigenvalue weighted by atomic mass is 9.79. The number of amides is 2. The van der Waals surface area contributed by atoms with Gasteiger partial charge < -0.3 is 4.90 Å². The average molecular weight is 371 g/mol. The molecular weight excluding hydrogens is 350 g/mol. The van der Waals surface area contributed by atoms with Gasteiger partial charge in [0.1, 0.15) is 5.84 Å². The van der Waals surface area contributed by atoms with Gasteiger partial charge in [-0.2, -0.15) is 0 Å². The second-order valence-electron chi connectivity index (χ2n) is 7.56. The number of fused-ring (bicyclic) bond motifs is 3. The number of amidine groups is 1. The Hall–Kier alpha value is -3.21. The number of imide groups is 1. The Kier molecular flexibility index (Phi) is 3.90. The lowest BCUT2D eigenvalue weighted by molar-refractivity contribution is -0.122. The van der Waals surface area contributed by atoms with E-state index < -0.39 is 5.92 Å². The molecule has 1 saturated heterocycles. The predicted octanol–water partition coefficient (Wildman–Crippen LogP) is 3.38. The zero-order chi connectivity index (χ0) is 19.3. The summed E-state index contributed by atoms with van der Waals surface area (Å²) < 4.78 is 0. The van der Waals surface area contributed by atoms with E-state index in [1.807, 2.05) is 61.5 Å². The smallest absolute Gasteiger partial charge is 0.240 e. The molecule has 5 heteroatoms. The molecule has 2 aromatic carbocycles. The highest BCUT2D eigenvalue weighted by Gasteiger charge is 2.56. The summed E-state index contributed by atoms with van der Waals surface area (Å²) >= 11 is 0. The Morgan fingerprint density at radius 2 is 1.64 bits per heavy atom. The van der Waals surface area contributed by atoms with E-state index in [2.05, 4.69) is 17.0 Å². The van der Waals surface area contributed by atoms with Crippen LogP contribution in [-0.2, 0) is 16.1 Å². The van der Waals surface area contributed by atoms with Gasteiger partial charge in [-0.05, 0) is 31.0 Å². The second kappa shape index (κ2) is 6.44. The average Bonchev–Trinajstić information content (AvgIpc) is 3.17. The molecule has 3 atom stereocenters. The van der Waals surface area contributed by atoms with Crippen molar-refractivity contribution < 1.29 is 9.59 Å². The first-order chi connectivity index (χ1) is 13.6. The predicted molar refractivity (Wildman–Crippen MR) is 107 cm³/mol. The third-order valence-electron chi connectivity index (χ3n) is 5.95. The highest BCUT2D eigenvalue weighted by molar-refractivity contribution is 6.22. The van der Waals surface area contributed by atoms with Crippen molar-refractivity contribution in [1.29, 1.82) is 0 Å². The molecule has 2 heterocycles. The fourth-order valence-electron chi connectivity index (χ4n) is 4.65. The van der Waals surface area contributed by atoms with E-state index in [0.717, 1.165) is 17.1 Å². The summed E-state index contributed by atoms with van der Waals surface area (Å²) in [5.74, 6) is -0.0157. The maximum absolute atomic E-state index is 13.4. The van der Waals surface area contributed by atoms with Crippen molar-refractivity contribution in [2.75, 3.05) is 4.90 Å². The Labute approximate surface area is 164 Å². The lowest BCUT2D eigenvalue weighted by Gasteiger charge is -2.34. The Balaban J connectivity index is 1.51. The third-order valence-corrected chi connectivity index (χ3v) is 5.95. The van der Waals surface area contributed by atoms with Gasteiger partial charge in [-0.25, -0.2) is 9.89 Å². The minimum atomic E-state index is -0.391. The number of aliphatic imine (C=N–C) groups is 1. The van der Waals surface area contributed by atoms with E-state index in [9.17, 15) is 9.59 Å². The zero-order valence-electron chi connectivity index (χ0n) is 15.7. The Bertz CT molecular complexity index is 997. The maximum Gasteiger partial charge on any atom is 0.240 e. The van der Waals surface area contributed by atoms with Gasteiger partial charge in [0.25, 0.3) is 0 Å². The number of para-hydroxylation sites is 1. The zero-order valence-corrected chi connectivity index (χ0v) is 15.7. The van der Waals surface area contributed by atoms with Crippen LogP contribution in [0.15, 0.2) is 77.4 Å². The summed E-state index contributed by atoms with van der Waals surface area (Å²) in [5, 5.41) is 0. The molecule has 0 spiro atoms. The van der Waals surface area contributed by atoms with Crippen LogP contribution in [0.4, 0.5) is 5.69 Å². The van der Waals surface area contributed by atoms with Crippen molar-refractivity contribution in [3.63, 3.8) is 0 Å². The van der Waals surface area contributed by atoms with Gasteiger partial charge in [0.05, 0.1) is 29.3 Å². The lowest BCUT2D eigenvalue weighted by Crippen LogP contribution is -2.45. The van der Waals surface area contributed by atoms with Gasteiger partial charge in [0.2, 0.25) is 11.8 Å². The highest BCUT2D eigenvalue weighted by atomic mass is 16.2. The SMILES string of the molecule is CC1=NC2=CC[C@H]3C(=O)N(c4ccccc4)C(=O)[C@H]3[C@H]2N1Cc1ccccc1. The second-order valence-corrected chi connectivity index (χ2v) is 7.56. The number of allylic oxidation sites excluding steroid dienone is 1. The molecule has 2 aliphatic heterocycles. The van der Waals surface area contributed by atoms with Crippen molar-refractivity contribution in [3.8, 4) is 0 Å². The number of nitrogens with zero attached hydrogens (tertiary/aromatic N) is 3. The van der Waals surface area contributed by atoms with Crippen LogP contribution in [0.25, 0.3) is 0 Å². The largest absolute Gasteiger partial charge is 0.347 e. The van der Waals surface area contributed by atoms with Crippen molar-refractivity contribution in [2.45, 2.75) is 25.9 Å². The number of hydrogen-bond acceptors (Lipinski definition) is 4. The van der Waals surface area contributed by atoms with Crippen molar-refractivity contribution in [1.82, 2.24) is 4.90 Å². The summed E-state index contributed by atoms with van der Waals surface area (Å²) in [6.07, 6.45) is 2.61. The van der Waals surface area contributed by atoms with E-state index in [1.54, 1.807) is 0 Å². The molecule has 28 heavy (non-hydrogen) atoms. The van der Waals surface area contributed by atoms with Gasteiger partial charge in [0.15, 0.2) is 0 Å². The number of anilines is 1. The van der Waals surface area contributed by atoms with Crippen LogP contribution >= 0.6 is 0 Å². The summed E-state index contributed by atoms with van der Waals surface area (Å²) in [6.45, 7) is 2.65. The van der Waals surface area contributed by atoms with Gasteiger partial charge in [-0.3, -0.25) is 9.59 Å². The molecule has 5 rings (SSSR count). The fourth-order valence-corrected chi connectivity index (χ4v) is 4.65. The molecule has 0 N–H and O–H groups in total. The molecule has 1 aliphatic carbocycles. The van der Waals surface area contributed by atoms with Crippen LogP contribution in [0.1, 0.15) is 18.9 Å². The molecule has 3 aliphatic rings. The normalized spacial score (nSPS) is 26.1. The summed E-state index contributed by atoms with van der Waals surface area (Å²) in [5.41, 5.74) is 2.74. The van der Waals surface area contributed by atoms with Crippen LogP contribution in [0.3, 0.4) is 0 Å². The van der Waals surface area contributed by atoms with Crippen molar-refractivity contribution >= 4 is 23.3 Å². The molecular formula is C23H21N3O2. The molecule has 0 unspecified atom stereocenters. The van der Waals surface area contributed by atoms with Crippen molar-refractivity contribution in [3.05, 3.63) is 78.0 Å². The molecule has 0 radical (unpaired) electrons. The summed E-state index contributed by atoms with van der Waals surface area (Å²) in [6, 6.07) is 19.2. The van der Waals surface area contributed by atoms with Crippen LogP contribution in [-0.4, -0.2) is 28.6 Å². The third kappa shape index (κ3) is 2.50. The van der Waals surface area contributed by atoms with Gasteiger partial charge in [-0.15, -0.1) is 0 Å². The number of rotatable bonds is 3. The van der Waals surface area contributed by atoms with E-state index in [-0.39, 0.29) is 23.8 Å². The molecule has 5 nitrogen and oxygen atoms in total. The molecule has 1 fully saturated rings. The van der Waals surface area contributed by atoms with E-state index in [0.29, 0.717) is 18.7 Å². The number of carbonyl (C=O) groups is 2. The van der Waals surface area contributed by atoms with Crippen LogP contribution < -0.4 is 4.90 Å². The van der Waals surface area contributed by atoms with Gasteiger partial charge in [0, 0.05) is 6.54 Å². The summed E-state index contributed by atoms with van der Waals surface area (Å²) in [7, 11) is 0. The molecule has 140 valence electrons. The monoisotopic (exact) mass is 371 g/mol. The minimum Gasteiger partial charge on any atom is -0.347 e. The maximum atomic E-state index is 13.4. The number of benzene rings is 2. The standard InChI is InChI=1S/C23H21N3O2/c1-15-24-19-13-12-18-20(21(19)25(15)14-16-8-4-2-5-9-16)23(28)26(22(18)27)17-10-6-3-7-11-17/h2-11,13,18,20-21H,12,14H2,1H3/t18-,20-,21+/m1/s1. The van der Waals surface area contributed by atoms with Crippen LogP contribution in [0.2, 0.25) is 0 Å². The topological polar surface area (TPSA) is 53.0 Å². The molecule has 2 aromatic rings. The van der Waals surface area contributed by atoms with E-state index in [4.69, 9.17) is 4.99 Å². The van der Waals surface area contributed by atoms with E-state index in [1.165, 1.54) is 4.90 Å². The molecule has 0 saturated carbocycles. The fraction of sp³-hybridized carbons (Fsp3) is 0.261. The molecule has 0 bridgehead atoms. The number of hydrogen-bond donors (Lipinski definition) is 0. The first-order valence-corrected chi connectivity index (χ1v) is 9.64.